The van der Waals surface area contributed by atoms with Gasteiger partial charge in [0, 0.05) is 50.4 Å². The maximum atomic E-state index is 14.0. The van der Waals surface area contributed by atoms with Crippen LogP contribution in [0.1, 0.15) is 106 Å². The van der Waals surface area contributed by atoms with Gasteiger partial charge in [-0.05, 0) is 125 Å². The second-order valence-electron chi connectivity index (χ2n) is 25.1. The summed E-state index contributed by atoms with van der Waals surface area (Å²) in [4.78, 5) is 37.6. The summed E-state index contributed by atoms with van der Waals surface area (Å²) >= 11 is 0. The summed E-state index contributed by atoms with van der Waals surface area (Å²) in [6, 6.07) is 29.0. The van der Waals surface area contributed by atoms with E-state index >= 15 is 0 Å². The van der Waals surface area contributed by atoms with Crippen LogP contribution >= 0.6 is 0 Å². The molecule has 85 heavy (non-hydrogen) atoms. The number of benzene rings is 4. The molecule has 23 heteroatoms. The second-order valence-corrected chi connectivity index (χ2v) is 29.0. The number of anilines is 2. The van der Waals surface area contributed by atoms with E-state index in [4.69, 9.17) is 39.9 Å². The van der Waals surface area contributed by atoms with E-state index in [1.165, 1.54) is 39.8 Å². The molecule has 470 valence electrons. The van der Waals surface area contributed by atoms with Crippen molar-refractivity contribution in [3.63, 3.8) is 0 Å². The Hall–Kier alpha value is -5.73. The highest BCUT2D eigenvalue weighted by atomic mass is 32.2. The molecule has 0 radical (unpaired) electrons. The molecule has 0 aromatic heterocycles. The van der Waals surface area contributed by atoms with E-state index in [0.717, 1.165) is 17.5 Å². The third-order valence-corrected chi connectivity index (χ3v) is 18.7. The molecule has 3 aliphatic heterocycles. The molecule has 8 N–H and O–H groups in total. The number of aliphatic hydroxyl groups excluding tert-OH is 2. The molecule has 0 spiro atoms. The largest absolute Gasteiger partial charge is 0.444 e. The van der Waals surface area contributed by atoms with Gasteiger partial charge < -0.3 is 65.5 Å². The summed E-state index contributed by atoms with van der Waals surface area (Å²) in [6.07, 6.45) is -1.73. The summed E-state index contributed by atoms with van der Waals surface area (Å²) in [5.41, 5.74) is 12.3. The smallest absolute Gasteiger partial charge is 0.407 e. The van der Waals surface area contributed by atoms with E-state index in [1.54, 1.807) is 45.0 Å². The number of nitrogen functional groups attached to an aromatic ring is 2. The first kappa shape index (κ1) is 68.4. The van der Waals surface area contributed by atoms with Crippen LogP contribution in [0.5, 0.6) is 0 Å². The number of aliphatic hydroxyl groups is 2. The Morgan fingerprint density at radius 3 is 1.60 bits per heavy atom. The number of fused-ring (bicyclic) bond motifs is 1. The van der Waals surface area contributed by atoms with Gasteiger partial charge in [-0.2, -0.15) is 8.61 Å². The van der Waals surface area contributed by atoms with Crippen molar-refractivity contribution in [2.45, 2.75) is 165 Å². The molecule has 3 fully saturated rings. The van der Waals surface area contributed by atoms with E-state index in [0.29, 0.717) is 51.2 Å². The molecule has 0 aliphatic carbocycles. The summed E-state index contributed by atoms with van der Waals surface area (Å²) in [6.45, 7) is 17.7. The summed E-state index contributed by atoms with van der Waals surface area (Å²) in [5, 5.41) is 28.7. The van der Waals surface area contributed by atoms with Gasteiger partial charge in [0.2, 0.25) is 20.0 Å². The van der Waals surface area contributed by atoms with Gasteiger partial charge >= 0.3 is 12.2 Å². The minimum atomic E-state index is -4.12. The molecule has 0 saturated carbocycles. The monoisotopic (exact) mass is 1220 g/mol. The fourth-order valence-electron chi connectivity index (χ4n) is 10.3. The molecule has 3 saturated heterocycles. The highest BCUT2D eigenvalue weighted by Crippen LogP contribution is 2.36. The normalized spacial score (nSPS) is 19.5. The van der Waals surface area contributed by atoms with Crippen LogP contribution in [0.3, 0.4) is 0 Å². The number of sulfonamides is 2. The molecule has 0 bridgehead atoms. The molecule has 21 nitrogen and oxygen atoms in total. The summed E-state index contributed by atoms with van der Waals surface area (Å²) in [5.74, 6) is -0.765. The molecule has 3 heterocycles. The van der Waals surface area contributed by atoms with Crippen LogP contribution in [-0.2, 0) is 66.1 Å². The number of Topliss-reactive ketones (excluding diaryl/α,β-unsaturated/α-hetero) is 1. The van der Waals surface area contributed by atoms with Crippen LogP contribution in [0.15, 0.2) is 119 Å². The molecule has 2 amide bonds. The number of rotatable bonds is 27. The van der Waals surface area contributed by atoms with Crippen molar-refractivity contribution in [3.05, 3.63) is 120 Å². The number of carbonyl (C=O) groups excluding carboxylic acids is 3. The average molecular weight is 1220 g/mol. The van der Waals surface area contributed by atoms with Gasteiger partial charge in [-0.1, -0.05) is 100 Å². The number of nitrogens with one attached hydrogen (secondary N) is 2. The minimum Gasteiger partial charge on any atom is -0.444 e. The van der Waals surface area contributed by atoms with Crippen LogP contribution in [0, 0.1) is 16.7 Å². The van der Waals surface area contributed by atoms with Crippen molar-refractivity contribution >= 4 is 49.4 Å². The average Bonchev–Trinajstić information content (AvgIpc) is 4.30. The number of hydrogen-bond acceptors (Lipinski definition) is 17. The van der Waals surface area contributed by atoms with E-state index < -0.39 is 84.8 Å². The Kier molecular flexibility index (Phi) is 24.0. The third kappa shape index (κ3) is 21.3. The molecular weight excluding hydrogens is 1130 g/mol. The zero-order valence-corrected chi connectivity index (χ0v) is 52.2. The molecule has 4 aromatic rings. The highest BCUT2D eigenvalue weighted by molar-refractivity contribution is 7.89. The zero-order valence-electron chi connectivity index (χ0n) is 50.6. The Labute approximate surface area is 502 Å². The quantitative estimate of drug-likeness (QED) is 0.0316. The number of amides is 2. The topological polar surface area (TPSA) is 298 Å². The minimum absolute atomic E-state index is 0.00661. The molecular formula is C62H90N6O15S2. The van der Waals surface area contributed by atoms with Gasteiger partial charge in [-0.25, -0.2) is 26.4 Å². The second kappa shape index (κ2) is 29.8. The summed E-state index contributed by atoms with van der Waals surface area (Å²) in [7, 11) is -8.20. The fourth-order valence-corrected chi connectivity index (χ4v) is 13.7. The van der Waals surface area contributed by atoms with Crippen LogP contribution in [0.4, 0.5) is 21.0 Å². The summed E-state index contributed by atoms with van der Waals surface area (Å²) < 4.78 is 92.1. The van der Waals surface area contributed by atoms with Gasteiger partial charge in [-0.15, -0.1) is 0 Å². The van der Waals surface area contributed by atoms with E-state index in [2.05, 4.69) is 10.6 Å². The van der Waals surface area contributed by atoms with Crippen LogP contribution in [0.25, 0.3) is 0 Å². The molecule has 7 rings (SSSR count). The van der Waals surface area contributed by atoms with Crippen molar-refractivity contribution in [1.82, 2.24) is 19.2 Å². The molecule has 0 unspecified atom stereocenters. The van der Waals surface area contributed by atoms with E-state index in [1.807, 2.05) is 95.3 Å². The third-order valence-electron chi connectivity index (χ3n) is 15.1. The van der Waals surface area contributed by atoms with Crippen molar-refractivity contribution in [2.24, 2.45) is 16.7 Å². The lowest BCUT2D eigenvalue weighted by molar-refractivity contribution is -0.151. The predicted octanol–water partition coefficient (Wildman–Crippen LogP) is 7.44. The van der Waals surface area contributed by atoms with Crippen molar-refractivity contribution < 1.29 is 69.9 Å². The zero-order chi connectivity index (χ0) is 62.4. The lowest BCUT2D eigenvalue weighted by Crippen LogP contribution is -2.52. The number of nitrogens with zero attached hydrogens (tertiary/aromatic N) is 2. The first-order valence-corrected chi connectivity index (χ1v) is 31.8. The predicted molar refractivity (Wildman–Crippen MR) is 323 cm³/mol. The molecule has 3 aliphatic rings. The van der Waals surface area contributed by atoms with Gasteiger partial charge in [0.1, 0.15) is 17.5 Å². The highest BCUT2D eigenvalue weighted by Gasteiger charge is 2.45. The van der Waals surface area contributed by atoms with Crippen LogP contribution in [0.2, 0.25) is 0 Å². The molecule has 7 atom stereocenters. The number of nitrogens with two attached hydrogens (primary N) is 2. The lowest BCUT2D eigenvalue weighted by Gasteiger charge is -2.36. The number of ketones is 1. The standard InChI is InChI=1S/C31H43N3O8S.C31H47N3O7S/c1-21(35)12-14-31(2,3)20-34(43(38,39)24-11-7-10-23(32)17-24)18-27(36)26(16-22-8-5-4-6-9-22)33-30(37)42-28-19-41-29-25(28)13-15-40-29;1-29(2,3)41-28(36)33-26(19-23-11-8-7-9-12-23)27(35)21-34(42(37,38)25-14-10-13-24(32)20-25)22-30(4,5)15-16-31(6)39-17-18-40-31/h4-11,17,25-29,36H,12-16,18-20,32H2,1-3H3,(H,33,37);7-14,20,26-27,35H,15-19,21-22,32H2,1-6H3,(H,33,36)/t25-,26-,27+,28-,29+;26-,27+/m00/s1. The van der Waals surface area contributed by atoms with E-state index in [-0.39, 0.29) is 79.1 Å². The van der Waals surface area contributed by atoms with Crippen molar-refractivity contribution in [3.8, 4) is 0 Å². The first-order valence-electron chi connectivity index (χ1n) is 28.9. The van der Waals surface area contributed by atoms with Crippen LogP contribution < -0.4 is 22.1 Å². The van der Waals surface area contributed by atoms with Gasteiger partial charge in [0.25, 0.3) is 0 Å². The Balaban J connectivity index is 0.000000272. The number of carbonyl (C=O) groups is 3. The maximum Gasteiger partial charge on any atom is 0.407 e. The van der Waals surface area contributed by atoms with E-state index in [9.17, 15) is 41.4 Å². The number of alkyl carbamates (subject to hydrolysis) is 2. The number of hydrogen-bond donors (Lipinski definition) is 6. The Bertz CT molecular complexity index is 3030. The maximum absolute atomic E-state index is 14.0. The lowest BCUT2D eigenvalue weighted by atomic mass is 9.86. The SMILES string of the molecule is CC(=O)CCC(C)(C)CN(C[C@@H](O)[C@H](Cc1ccccc1)NC(=O)O[C@H]1CO[C@H]2OCC[C@H]21)S(=O)(=O)c1cccc(N)c1.CC(C)(CCC1(C)OCCO1)CN(C[C@@H](O)[C@H](Cc1ccccc1)NC(=O)OC(C)(C)C)S(=O)(=O)c1cccc(N)c1. The van der Waals surface area contributed by atoms with Crippen molar-refractivity contribution in [2.75, 3.05) is 64.1 Å². The Morgan fingerprint density at radius 2 is 1.14 bits per heavy atom. The van der Waals surface area contributed by atoms with Crippen LogP contribution in [-0.4, -0.2) is 154 Å². The molecule has 4 aromatic carbocycles. The fraction of sp³-hybridized carbons (Fsp3) is 0.565. The van der Waals surface area contributed by atoms with Gasteiger partial charge in [-0.3, -0.25) is 0 Å². The van der Waals surface area contributed by atoms with Gasteiger partial charge in [0.15, 0.2) is 12.1 Å². The Morgan fingerprint density at radius 1 is 0.671 bits per heavy atom. The first-order chi connectivity index (χ1) is 39.8. The number of ether oxygens (including phenoxy) is 6. The van der Waals surface area contributed by atoms with Gasteiger partial charge in [0.05, 0.1) is 66.4 Å². The van der Waals surface area contributed by atoms with Crippen molar-refractivity contribution in [1.29, 1.82) is 0 Å².